The summed E-state index contributed by atoms with van der Waals surface area (Å²) < 4.78 is 5.27. The molecule has 3 aromatic rings. The van der Waals surface area contributed by atoms with E-state index in [1.165, 1.54) is 0 Å². The van der Waals surface area contributed by atoms with Crippen LogP contribution in [-0.4, -0.2) is 16.1 Å². The van der Waals surface area contributed by atoms with Crippen LogP contribution < -0.4 is 10.6 Å². The summed E-state index contributed by atoms with van der Waals surface area (Å²) in [5.41, 5.74) is 1.74. The molecule has 3 rings (SSSR count). The third-order valence-electron chi connectivity index (χ3n) is 2.89. The van der Waals surface area contributed by atoms with E-state index >= 15 is 0 Å². The summed E-state index contributed by atoms with van der Waals surface area (Å²) in [6, 6.07) is 17.8. The molecule has 112 valence electrons. The van der Waals surface area contributed by atoms with Crippen LogP contribution in [0.15, 0.2) is 59.0 Å². The van der Waals surface area contributed by atoms with Crippen molar-refractivity contribution in [1.82, 2.24) is 10.2 Å². The molecule has 0 radical (unpaired) electrons. The predicted molar refractivity (Wildman–Crippen MR) is 83.1 cm³/mol. The molecule has 0 aliphatic rings. The minimum atomic E-state index is -0.498. The summed E-state index contributed by atoms with van der Waals surface area (Å²) in [5, 5.41) is 21.8. The van der Waals surface area contributed by atoms with Gasteiger partial charge in [-0.3, -0.25) is 4.79 Å². The fraction of sp³-hybridized carbons (Fsp3) is 0. The van der Waals surface area contributed by atoms with Gasteiger partial charge in [0.25, 0.3) is 0 Å². The van der Waals surface area contributed by atoms with Gasteiger partial charge in [-0.25, -0.2) is 0 Å². The maximum atomic E-state index is 12.0. The van der Waals surface area contributed by atoms with E-state index in [0.717, 1.165) is 0 Å². The van der Waals surface area contributed by atoms with Crippen LogP contribution in [0.25, 0.3) is 0 Å². The third kappa shape index (κ3) is 3.51. The summed E-state index contributed by atoms with van der Waals surface area (Å²) in [6.45, 7) is 0. The number of hydrogen-bond acceptors (Lipinski definition) is 6. The summed E-state index contributed by atoms with van der Waals surface area (Å²) in [6.07, 6.45) is 0. The number of amides is 1. The Labute approximate surface area is 131 Å². The first-order valence-corrected chi connectivity index (χ1v) is 6.72. The fourth-order valence-corrected chi connectivity index (χ4v) is 1.86. The number of aromatic nitrogens is 2. The second-order valence-electron chi connectivity index (χ2n) is 4.55. The summed E-state index contributed by atoms with van der Waals surface area (Å²) in [4.78, 5) is 12.0. The monoisotopic (exact) mass is 305 g/mol. The van der Waals surface area contributed by atoms with E-state index in [9.17, 15) is 4.79 Å². The van der Waals surface area contributed by atoms with Gasteiger partial charge in [-0.1, -0.05) is 29.4 Å². The average Bonchev–Trinajstić information content (AvgIpc) is 3.04. The van der Waals surface area contributed by atoms with Crippen LogP contribution in [0.3, 0.4) is 0 Å². The van der Waals surface area contributed by atoms with Crippen LogP contribution in [0.1, 0.15) is 16.2 Å². The SMILES string of the molecule is N#Cc1cccc(Nc2nnc(C(=O)Nc3ccccc3)o2)c1. The topological polar surface area (TPSA) is 104 Å². The van der Waals surface area contributed by atoms with Crippen LogP contribution in [0, 0.1) is 11.3 Å². The van der Waals surface area contributed by atoms with E-state index < -0.39 is 5.91 Å². The molecule has 1 aromatic heterocycles. The van der Waals surface area contributed by atoms with Crippen molar-refractivity contribution in [2.75, 3.05) is 10.6 Å². The Hall–Kier alpha value is -3.66. The highest BCUT2D eigenvalue weighted by Crippen LogP contribution is 2.17. The third-order valence-corrected chi connectivity index (χ3v) is 2.89. The van der Waals surface area contributed by atoms with Gasteiger partial charge in [0.1, 0.15) is 0 Å². The number of hydrogen-bond donors (Lipinski definition) is 2. The lowest BCUT2D eigenvalue weighted by Gasteiger charge is -2.01. The standard InChI is InChI=1S/C16H11N5O2/c17-10-11-5-4-8-13(9-11)19-16-21-20-15(23-16)14(22)18-12-6-2-1-3-7-12/h1-9H,(H,18,22)(H,19,21). The van der Waals surface area contributed by atoms with Crippen molar-refractivity contribution >= 4 is 23.3 Å². The number of rotatable bonds is 4. The molecule has 0 atom stereocenters. The van der Waals surface area contributed by atoms with Gasteiger partial charge in [0.2, 0.25) is 0 Å². The first-order chi connectivity index (χ1) is 11.2. The van der Waals surface area contributed by atoms with Gasteiger partial charge in [0, 0.05) is 11.4 Å². The van der Waals surface area contributed by atoms with Crippen LogP contribution in [0.2, 0.25) is 0 Å². The quantitative estimate of drug-likeness (QED) is 0.768. The highest BCUT2D eigenvalue weighted by Gasteiger charge is 2.15. The lowest BCUT2D eigenvalue weighted by Crippen LogP contribution is -2.12. The van der Waals surface area contributed by atoms with E-state index in [1.807, 2.05) is 12.1 Å². The van der Waals surface area contributed by atoms with Crippen molar-refractivity contribution in [3.05, 3.63) is 66.1 Å². The Morgan fingerprint density at radius 1 is 1.04 bits per heavy atom. The van der Waals surface area contributed by atoms with Gasteiger partial charge in [-0.2, -0.15) is 5.26 Å². The van der Waals surface area contributed by atoms with Crippen molar-refractivity contribution < 1.29 is 9.21 Å². The smallest absolute Gasteiger partial charge is 0.320 e. The molecule has 0 unspecified atom stereocenters. The zero-order valence-corrected chi connectivity index (χ0v) is 11.9. The van der Waals surface area contributed by atoms with Gasteiger partial charge < -0.3 is 15.1 Å². The molecular formula is C16H11N5O2. The zero-order chi connectivity index (χ0) is 16.1. The molecular weight excluding hydrogens is 294 g/mol. The van der Waals surface area contributed by atoms with Crippen molar-refractivity contribution in [3.8, 4) is 6.07 Å². The average molecular weight is 305 g/mol. The van der Waals surface area contributed by atoms with Gasteiger partial charge in [-0.05, 0) is 30.3 Å². The number of nitrogens with zero attached hydrogens (tertiary/aromatic N) is 3. The molecule has 0 fully saturated rings. The second-order valence-corrected chi connectivity index (χ2v) is 4.55. The van der Waals surface area contributed by atoms with Gasteiger partial charge in [-0.15, -0.1) is 5.10 Å². The second kappa shape index (κ2) is 6.41. The van der Waals surface area contributed by atoms with Crippen LogP contribution >= 0.6 is 0 Å². The Morgan fingerprint density at radius 3 is 2.61 bits per heavy atom. The molecule has 23 heavy (non-hydrogen) atoms. The molecule has 2 aromatic carbocycles. The number of benzene rings is 2. The van der Waals surface area contributed by atoms with Gasteiger partial charge in [0.05, 0.1) is 11.6 Å². The van der Waals surface area contributed by atoms with Crippen LogP contribution in [-0.2, 0) is 0 Å². The summed E-state index contributed by atoms with van der Waals surface area (Å²) in [7, 11) is 0. The Balaban J connectivity index is 1.70. The maximum Gasteiger partial charge on any atom is 0.320 e. The van der Waals surface area contributed by atoms with Gasteiger partial charge >= 0.3 is 17.8 Å². The Morgan fingerprint density at radius 2 is 1.83 bits per heavy atom. The molecule has 0 saturated carbocycles. The van der Waals surface area contributed by atoms with E-state index in [4.69, 9.17) is 9.68 Å². The van der Waals surface area contributed by atoms with E-state index in [1.54, 1.807) is 48.5 Å². The van der Waals surface area contributed by atoms with E-state index in [0.29, 0.717) is 16.9 Å². The Bertz CT molecular complexity index is 867. The van der Waals surface area contributed by atoms with E-state index in [-0.39, 0.29) is 11.9 Å². The van der Waals surface area contributed by atoms with Crippen LogP contribution in [0.5, 0.6) is 0 Å². The molecule has 0 spiro atoms. The first-order valence-electron chi connectivity index (χ1n) is 6.72. The number of para-hydroxylation sites is 1. The molecule has 7 heteroatoms. The normalized spacial score (nSPS) is 9.87. The Kier molecular flexibility index (Phi) is 3.98. The minimum absolute atomic E-state index is 0.0679. The highest BCUT2D eigenvalue weighted by molar-refractivity contribution is 6.00. The first kappa shape index (κ1) is 14.3. The minimum Gasteiger partial charge on any atom is -0.399 e. The molecule has 7 nitrogen and oxygen atoms in total. The van der Waals surface area contributed by atoms with Crippen molar-refractivity contribution in [2.45, 2.75) is 0 Å². The molecule has 2 N–H and O–H groups in total. The van der Waals surface area contributed by atoms with Crippen molar-refractivity contribution in [2.24, 2.45) is 0 Å². The lowest BCUT2D eigenvalue weighted by atomic mass is 10.2. The highest BCUT2D eigenvalue weighted by atomic mass is 16.4. The fourth-order valence-electron chi connectivity index (χ4n) is 1.86. The number of nitriles is 1. The van der Waals surface area contributed by atoms with Crippen LogP contribution in [0.4, 0.5) is 17.4 Å². The zero-order valence-electron chi connectivity index (χ0n) is 11.9. The molecule has 0 saturated heterocycles. The molecule has 1 amide bonds. The largest absolute Gasteiger partial charge is 0.399 e. The number of carbonyl (C=O) groups is 1. The molecule has 0 aliphatic carbocycles. The summed E-state index contributed by atoms with van der Waals surface area (Å²) >= 11 is 0. The molecule has 0 bridgehead atoms. The lowest BCUT2D eigenvalue weighted by molar-refractivity contribution is 0.0991. The van der Waals surface area contributed by atoms with E-state index in [2.05, 4.69) is 20.8 Å². The molecule has 1 heterocycles. The summed E-state index contributed by atoms with van der Waals surface area (Å²) in [5.74, 6) is -0.657. The number of anilines is 3. The predicted octanol–water partition coefficient (Wildman–Crippen LogP) is 2.94. The van der Waals surface area contributed by atoms with Crippen molar-refractivity contribution in [3.63, 3.8) is 0 Å². The van der Waals surface area contributed by atoms with Crippen molar-refractivity contribution in [1.29, 1.82) is 5.26 Å². The molecule has 0 aliphatic heterocycles. The number of nitrogens with one attached hydrogen (secondary N) is 2. The van der Waals surface area contributed by atoms with Gasteiger partial charge in [0.15, 0.2) is 0 Å². The maximum absolute atomic E-state index is 12.0. The number of carbonyl (C=O) groups excluding carboxylic acids is 1.